The molecule has 2 aliphatic rings. The average molecular weight is 583 g/mol. The maximum absolute atomic E-state index is 16.3. The lowest BCUT2D eigenvalue weighted by molar-refractivity contribution is 0.135. The lowest BCUT2D eigenvalue weighted by atomic mass is 9.94. The van der Waals surface area contributed by atoms with Crippen LogP contribution in [0.3, 0.4) is 0 Å². The number of thiophene rings is 1. The normalized spacial score (nSPS) is 17.1. The fourth-order valence-electron chi connectivity index (χ4n) is 5.26. The van der Waals surface area contributed by atoms with Crippen molar-refractivity contribution in [3.63, 3.8) is 0 Å². The van der Waals surface area contributed by atoms with Crippen molar-refractivity contribution in [3.05, 3.63) is 40.7 Å². The standard InChI is InChI=1S/C24H20F2N6OS.C3H8.2C2H6/c1-10-3-11(2)32(7-10)24-30-5-13-14-8-33-9-15(14)17(19(26)20(13)31-24)21-18-12(4-27)23(28)34-22(18)16(25)6-29-21;1-3-2;2*1-2/h5-6,10-11H,3,7-9,28H2,1-2H3;3H2,1-2H3;2*1-2H3. The molecule has 1 aromatic carbocycles. The first-order chi connectivity index (χ1) is 19.8. The van der Waals surface area contributed by atoms with Crippen molar-refractivity contribution in [2.24, 2.45) is 5.92 Å². The SMILES string of the molecule is CC.CC.CC1CC(C)N(c2ncc3c4c(c(-c5ncc(F)c6sc(N)c(C#N)c56)c(F)c3n2)COC4)C1.CCC. The number of rotatable bonds is 2. The lowest BCUT2D eigenvalue weighted by Gasteiger charge is -2.22. The number of nitrogen functional groups attached to an aromatic ring is 1. The van der Waals surface area contributed by atoms with Crippen molar-refractivity contribution in [1.29, 1.82) is 5.26 Å². The number of fused-ring (bicyclic) bond motifs is 4. The van der Waals surface area contributed by atoms with Gasteiger partial charge in [0.25, 0.3) is 0 Å². The predicted octanol–water partition coefficient (Wildman–Crippen LogP) is 8.37. The number of ether oxygens (including phenoxy) is 1. The number of hydrogen-bond acceptors (Lipinski definition) is 8. The zero-order valence-electron chi connectivity index (χ0n) is 25.2. The van der Waals surface area contributed by atoms with E-state index in [2.05, 4.69) is 47.5 Å². The maximum Gasteiger partial charge on any atom is 0.226 e. The van der Waals surface area contributed by atoms with Crippen LogP contribution in [-0.2, 0) is 18.0 Å². The first kappa shape index (κ1) is 32.1. The van der Waals surface area contributed by atoms with Gasteiger partial charge >= 0.3 is 0 Å². The topological polar surface area (TPSA) is 101 Å². The van der Waals surface area contributed by atoms with Crippen molar-refractivity contribution in [2.75, 3.05) is 17.2 Å². The highest BCUT2D eigenvalue weighted by molar-refractivity contribution is 7.23. The summed E-state index contributed by atoms with van der Waals surface area (Å²) in [5, 5.41) is 10.7. The zero-order chi connectivity index (χ0) is 30.4. The van der Waals surface area contributed by atoms with E-state index in [-0.39, 0.29) is 56.7 Å². The Morgan fingerprint density at radius 2 is 1.76 bits per heavy atom. The van der Waals surface area contributed by atoms with E-state index in [9.17, 15) is 9.65 Å². The Kier molecular flexibility index (Phi) is 10.9. The second kappa shape index (κ2) is 14.0. The fourth-order valence-corrected chi connectivity index (χ4v) is 6.18. The number of nitrogens with zero attached hydrogens (tertiary/aromatic N) is 5. The Balaban J connectivity index is 0.000000610. The monoisotopic (exact) mass is 582 g/mol. The highest BCUT2D eigenvalue weighted by Gasteiger charge is 2.32. The Bertz CT molecular complexity index is 1560. The lowest BCUT2D eigenvalue weighted by Crippen LogP contribution is -2.28. The van der Waals surface area contributed by atoms with Gasteiger partial charge in [-0.2, -0.15) is 5.26 Å². The Morgan fingerprint density at radius 1 is 1.10 bits per heavy atom. The highest BCUT2D eigenvalue weighted by Crippen LogP contribution is 2.45. The summed E-state index contributed by atoms with van der Waals surface area (Å²) in [5.74, 6) is -0.222. The molecule has 0 spiro atoms. The minimum Gasteiger partial charge on any atom is -0.389 e. The molecule has 0 amide bonds. The van der Waals surface area contributed by atoms with E-state index in [0.717, 1.165) is 36.1 Å². The average Bonchev–Trinajstić information content (AvgIpc) is 3.69. The molecule has 2 N–H and O–H groups in total. The molecule has 6 rings (SSSR count). The molecule has 2 atom stereocenters. The van der Waals surface area contributed by atoms with Crippen LogP contribution in [-0.4, -0.2) is 27.5 Å². The molecular formula is C31H40F2N6OS. The van der Waals surface area contributed by atoms with Crippen LogP contribution >= 0.6 is 11.3 Å². The van der Waals surface area contributed by atoms with Gasteiger partial charge in [-0.3, -0.25) is 4.98 Å². The minimum absolute atomic E-state index is 0.0948. The van der Waals surface area contributed by atoms with Crippen LogP contribution in [0.4, 0.5) is 19.7 Å². The van der Waals surface area contributed by atoms with Gasteiger partial charge < -0.3 is 15.4 Å². The van der Waals surface area contributed by atoms with Gasteiger partial charge in [0.15, 0.2) is 11.6 Å². The maximum atomic E-state index is 16.3. The van der Waals surface area contributed by atoms with Gasteiger partial charge in [0, 0.05) is 35.1 Å². The molecule has 1 fully saturated rings. The summed E-state index contributed by atoms with van der Waals surface area (Å²) in [6, 6.07) is 2.28. The molecule has 0 bridgehead atoms. The first-order valence-corrected chi connectivity index (χ1v) is 15.2. The number of nitriles is 1. The summed E-state index contributed by atoms with van der Waals surface area (Å²) in [6.07, 6.45) is 4.96. The molecule has 1 saturated heterocycles. The third kappa shape index (κ3) is 5.84. The molecule has 2 unspecified atom stereocenters. The van der Waals surface area contributed by atoms with Crippen LogP contribution < -0.4 is 10.6 Å². The van der Waals surface area contributed by atoms with Crippen LogP contribution in [0, 0.1) is 28.9 Å². The molecule has 4 aromatic rings. The number of pyridine rings is 1. The van der Waals surface area contributed by atoms with Crippen LogP contribution in [0.5, 0.6) is 0 Å². The molecule has 0 aliphatic carbocycles. The van der Waals surface area contributed by atoms with Gasteiger partial charge in [-0.1, -0.05) is 54.9 Å². The van der Waals surface area contributed by atoms with Gasteiger partial charge in [-0.25, -0.2) is 18.7 Å². The number of anilines is 2. The molecule has 5 heterocycles. The number of nitrogens with two attached hydrogens (primary N) is 1. The molecule has 41 heavy (non-hydrogen) atoms. The number of hydrogen-bond donors (Lipinski definition) is 1. The summed E-state index contributed by atoms with van der Waals surface area (Å²) < 4.78 is 36.7. The van der Waals surface area contributed by atoms with E-state index < -0.39 is 11.6 Å². The predicted molar refractivity (Wildman–Crippen MR) is 165 cm³/mol. The van der Waals surface area contributed by atoms with E-state index in [4.69, 9.17) is 10.5 Å². The number of aromatic nitrogens is 3. The molecule has 2 aliphatic heterocycles. The van der Waals surface area contributed by atoms with Crippen LogP contribution in [0.1, 0.15) is 84.9 Å². The quantitative estimate of drug-likeness (QED) is 0.253. The van der Waals surface area contributed by atoms with Crippen LogP contribution in [0.15, 0.2) is 12.4 Å². The summed E-state index contributed by atoms with van der Waals surface area (Å²) >= 11 is 0.955. The molecular weight excluding hydrogens is 542 g/mol. The second-order valence-corrected chi connectivity index (χ2v) is 10.8. The second-order valence-electron chi connectivity index (χ2n) is 9.73. The zero-order valence-corrected chi connectivity index (χ0v) is 26.0. The molecule has 220 valence electrons. The smallest absolute Gasteiger partial charge is 0.226 e. The molecule has 3 aromatic heterocycles. The van der Waals surface area contributed by atoms with Crippen molar-refractivity contribution in [3.8, 4) is 17.3 Å². The Morgan fingerprint density at radius 3 is 2.37 bits per heavy atom. The molecule has 7 nitrogen and oxygen atoms in total. The van der Waals surface area contributed by atoms with Gasteiger partial charge in [0.2, 0.25) is 5.95 Å². The molecule has 0 radical (unpaired) electrons. The van der Waals surface area contributed by atoms with Crippen LogP contribution in [0.2, 0.25) is 0 Å². The number of halogens is 2. The van der Waals surface area contributed by atoms with Crippen molar-refractivity contribution in [1.82, 2.24) is 15.0 Å². The Hall–Kier alpha value is -3.42. The molecule has 10 heteroatoms. The third-order valence-corrected chi connectivity index (χ3v) is 7.80. The minimum atomic E-state index is -0.604. The van der Waals surface area contributed by atoms with Gasteiger partial charge in [0.05, 0.1) is 35.4 Å². The van der Waals surface area contributed by atoms with Gasteiger partial charge in [0.1, 0.15) is 16.6 Å². The van der Waals surface area contributed by atoms with Gasteiger partial charge in [-0.05, 0) is 30.4 Å². The molecule has 0 saturated carbocycles. The van der Waals surface area contributed by atoms with E-state index in [1.54, 1.807) is 6.20 Å². The first-order valence-electron chi connectivity index (χ1n) is 14.4. The summed E-state index contributed by atoms with van der Waals surface area (Å²) in [6.45, 7) is 17.8. The Labute approximate surface area is 245 Å². The summed E-state index contributed by atoms with van der Waals surface area (Å²) in [4.78, 5) is 15.5. The number of benzene rings is 1. The fraction of sp³-hybridized carbons (Fsp3) is 0.484. The van der Waals surface area contributed by atoms with Crippen molar-refractivity contribution in [2.45, 2.75) is 87.5 Å². The highest BCUT2D eigenvalue weighted by atomic mass is 32.1. The van der Waals surface area contributed by atoms with Crippen molar-refractivity contribution < 1.29 is 13.5 Å². The van der Waals surface area contributed by atoms with Crippen LogP contribution in [0.25, 0.3) is 32.2 Å². The van der Waals surface area contributed by atoms with E-state index in [1.807, 2.05) is 33.8 Å². The summed E-state index contributed by atoms with van der Waals surface area (Å²) in [5.41, 5.74) is 7.98. The van der Waals surface area contributed by atoms with E-state index in [1.165, 1.54) is 6.42 Å². The third-order valence-electron chi connectivity index (χ3n) is 6.77. The van der Waals surface area contributed by atoms with E-state index in [0.29, 0.717) is 22.8 Å². The van der Waals surface area contributed by atoms with E-state index >= 15 is 4.39 Å². The van der Waals surface area contributed by atoms with Crippen molar-refractivity contribution >= 4 is 43.3 Å². The van der Waals surface area contributed by atoms with Gasteiger partial charge in [-0.15, -0.1) is 11.3 Å². The summed E-state index contributed by atoms with van der Waals surface area (Å²) in [7, 11) is 0. The largest absolute Gasteiger partial charge is 0.389 e.